The molecule has 0 aliphatic heterocycles. The lowest BCUT2D eigenvalue weighted by Gasteiger charge is -2.22. The van der Waals surface area contributed by atoms with Crippen LogP contribution in [-0.2, 0) is 4.74 Å². The fourth-order valence-electron chi connectivity index (χ4n) is 1.30. The molecule has 0 aliphatic carbocycles. The van der Waals surface area contributed by atoms with Crippen LogP contribution in [0, 0.1) is 12.3 Å². The summed E-state index contributed by atoms with van der Waals surface area (Å²) in [5.74, 6) is 1.60. The van der Waals surface area contributed by atoms with Gasteiger partial charge in [-0.2, -0.15) is 0 Å². The van der Waals surface area contributed by atoms with Gasteiger partial charge in [0.1, 0.15) is 0 Å². The Morgan fingerprint density at radius 2 is 1.95 bits per heavy atom. The molecule has 0 aliphatic rings. The van der Waals surface area contributed by atoms with E-state index in [0.29, 0.717) is 6.42 Å². The van der Waals surface area contributed by atoms with Crippen LogP contribution in [0.4, 0.5) is 4.79 Å². The Morgan fingerprint density at radius 3 is 2.40 bits per heavy atom. The molecular formula is C14H13Cl2NO3. The van der Waals surface area contributed by atoms with Gasteiger partial charge in [-0.05, 0) is 25.5 Å². The minimum atomic E-state index is -1.07. The normalized spacial score (nSPS) is 12.9. The number of terminal acetylenes is 1. The lowest BCUT2D eigenvalue weighted by molar-refractivity contribution is 0.0602. The molecule has 20 heavy (non-hydrogen) atoms. The Hall–Kier alpha value is -1.70. The van der Waals surface area contributed by atoms with Crippen LogP contribution in [0.5, 0.6) is 0 Å². The van der Waals surface area contributed by atoms with Crippen LogP contribution in [0.15, 0.2) is 18.2 Å². The SMILES string of the molecule is C#CC(C)(CC)OC(=O)NC(=O)c1c(Cl)cccc1Cl. The summed E-state index contributed by atoms with van der Waals surface area (Å²) in [4.78, 5) is 23.6. The minimum absolute atomic E-state index is 0.00620. The number of ether oxygens (including phenoxy) is 1. The summed E-state index contributed by atoms with van der Waals surface area (Å²) in [6.07, 6.45) is 4.74. The average molecular weight is 314 g/mol. The highest BCUT2D eigenvalue weighted by Gasteiger charge is 2.26. The summed E-state index contributed by atoms with van der Waals surface area (Å²) in [7, 11) is 0. The standard InChI is InChI=1S/C14H13Cl2NO3/c1-4-14(3,5-2)20-13(19)17-12(18)11-9(15)7-6-8-10(11)16/h1,6-8H,5H2,2-3H3,(H,17,18,19). The fraction of sp³-hybridized carbons (Fsp3) is 0.286. The molecule has 0 saturated carbocycles. The van der Waals surface area contributed by atoms with Crippen molar-refractivity contribution < 1.29 is 14.3 Å². The predicted octanol–water partition coefficient (Wildman–Crippen LogP) is 3.66. The molecule has 0 saturated heterocycles. The number of alkyl carbamates (subject to hydrolysis) is 1. The molecule has 1 aromatic rings. The third-order valence-corrected chi connectivity index (χ3v) is 3.33. The van der Waals surface area contributed by atoms with Crippen molar-refractivity contribution in [2.45, 2.75) is 25.9 Å². The molecule has 0 aromatic heterocycles. The Kier molecular flexibility index (Phi) is 5.43. The van der Waals surface area contributed by atoms with Crippen molar-refractivity contribution in [3.05, 3.63) is 33.8 Å². The maximum absolute atomic E-state index is 11.9. The van der Waals surface area contributed by atoms with Crippen molar-refractivity contribution in [2.24, 2.45) is 0 Å². The van der Waals surface area contributed by atoms with E-state index in [-0.39, 0.29) is 15.6 Å². The summed E-state index contributed by atoms with van der Waals surface area (Å²) < 4.78 is 5.02. The van der Waals surface area contributed by atoms with E-state index in [9.17, 15) is 9.59 Å². The number of hydrogen-bond donors (Lipinski definition) is 1. The number of nitrogens with one attached hydrogen (secondary N) is 1. The second-order valence-corrected chi connectivity index (χ2v) is 4.98. The van der Waals surface area contributed by atoms with Gasteiger partial charge in [0.25, 0.3) is 5.91 Å². The van der Waals surface area contributed by atoms with Gasteiger partial charge in [0.05, 0.1) is 15.6 Å². The molecule has 2 amide bonds. The smallest absolute Gasteiger partial charge is 0.415 e. The zero-order valence-electron chi connectivity index (χ0n) is 11.0. The van der Waals surface area contributed by atoms with Gasteiger partial charge in [-0.3, -0.25) is 10.1 Å². The number of imide groups is 1. The molecule has 0 spiro atoms. The van der Waals surface area contributed by atoms with Crippen molar-refractivity contribution in [1.82, 2.24) is 5.32 Å². The first-order valence-electron chi connectivity index (χ1n) is 5.79. The van der Waals surface area contributed by atoms with Gasteiger partial charge in [0, 0.05) is 0 Å². The van der Waals surface area contributed by atoms with Gasteiger partial charge in [0.2, 0.25) is 0 Å². The van der Waals surface area contributed by atoms with E-state index >= 15 is 0 Å². The summed E-state index contributed by atoms with van der Waals surface area (Å²) in [6, 6.07) is 4.57. The van der Waals surface area contributed by atoms with E-state index in [2.05, 4.69) is 5.92 Å². The zero-order chi connectivity index (χ0) is 15.3. The average Bonchev–Trinajstić information content (AvgIpc) is 2.38. The molecule has 1 atom stereocenters. The highest BCUT2D eigenvalue weighted by Crippen LogP contribution is 2.24. The summed E-state index contributed by atoms with van der Waals surface area (Å²) in [5.41, 5.74) is -1.07. The molecule has 1 rings (SSSR count). The van der Waals surface area contributed by atoms with Crippen LogP contribution in [0.3, 0.4) is 0 Å². The highest BCUT2D eigenvalue weighted by molar-refractivity contribution is 6.40. The molecule has 0 fully saturated rings. The van der Waals surface area contributed by atoms with Gasteiger partial charge >= 0.3 is 6.09 Å². The van der Waals surface area contributed by atoms with E-state index in [1.165, 1.54) is 12.1 Å². The molecule has 6 heteroatoms. The first-order valence-corrected chi connectivity index (χ1v) is 6.54. The van der Waals surface area contributed by atoms with Crippen LogP contribution < -0.4 is 5.32 Å². The van der Waals surface area contributed by atoms with E-state index < -0.39 is 17.6 Å². The number of benzene rings is 1. The molecule has 0 radical (unpaired) electrons. The topological polar surface area (TPSA) is 55.4 Å². The van der Waals surface area contributed by atoms with Crippen LogP contribution in [0.1, 0.15) is 30.6 Å². The number of rotatable bonds is 3. The first kappa shape index (κ1) is 16.4. The van der Waals surface area contributed by atoms with Crippen molar-refractivity contribution >= 4 is 35.2 Å². The van der Waals surface area contributed by atoms with Crippen LogP contribution in [0.25, 0.3) is 0 Å². The first-order chi connectivity index (χ1) is 9.33. The highest BCUT2D eigenvalue weighted by atomic mass is 35.5. The quantitative estimate of drug-likeness (QED) is 0.866. The molecular weight excluding hydrogens is 301 g/mol. The van der Waals surface area contributed by atoms with Crippen molar-refractivity contribution in [2.75, 3.05) is 0 Å². The second-order valence-electron chi connectivity index (χ2n) is 4.17. The summed E-state index contributed by atoms with van der Waals surface area (Å²) in [6.45, 7) is 3.33. The van der Waals surface area contributed by atoms with Gasteiger partial charge in [-0.1, -0.05) is 42.1 Å². The second kappa shape index (κ2) is 6.65. The summed E-state index contributed by atoms with van der Waals surface area (Å²) in [5, 5.41) is 2.31. The zero-order valence-corrected chi connectivity index (χ0v) is 12.5. The third-order valence-electron chi connectivity index (χ3n) is 2.70. The molecule has 1 aromatic carbocycles. The van der Waals surface area contributed by atoms with Gasteiger partial charge < -0.3 is 4.74 Å². The van der Waals surface area contributed by atoms with Gasteiger partial charge in [-0.15, -0.1) is 6.42 Å². The lowest BCUT2D eigenvalue weighted by atomic mass is 10.1. The van der Waals surface area contributed by atoms with Crippen molar-refractivity contribution in [1.29, 1.82) is 0 Å². The Labute approximate surface area is 127 Å². The number of halogens is 2. The minimum Gasteiger partial charge on any atom is -0.430 e. The molecule has 1 unspecified atom stereocenters. The number of hydrogen-bond acceptors (Lipinski definition) is 3. The van der Waals surface area contributed by atoms with Crippen LogP contribution >= 0.6 is 23.2 Å². The summed E-state index contributed by atoms with van der Waals surface area (Å²) >= 11 is 11.7. The lowest BCUT2D eigenvalue weighted by Crippen LogP contribution is -2.38. The van der Waals surface area contributed by atoms with Crippen LogP contribution in [0.2, 0.25) is 10.0 Å². The predicted molar refractivity (Wildman–Crippen MR) is 77.9 cm³/mol. The maximum atomic E-state index is 11.9. The number of amides is 2. The van der Waals surface area contributed by atoms with Crippen LogP contribution in [-0.4, -0.2) is 17.6 Å². The van der Waals surface area contributed by atoms with Crippen molar-refractivity contribution in [3.8, 4) is 12.3 Å². The third kappa shape index (κ3) is 3.89. The molecule has 4 nitrogen and oxygen atoms in total. The molecule has 0 heterocycles. The Morgan fingerprint density at radius 1 is 1.40 bits per heavy atom. The number of carbonyl (C=O) groups is 2. The van der Waals surface area contributed by atoms with Gasteiger partial charge in [0.15, 0.2) is 5.60 Å². The Bertz CT molecular complexity index is 560. The van der Waals surface area contributed by atoms with E-state index in [1.54, 1.807) is 19.9 Å². The molecule has 106 valence electrons. The Balaban J connectivity index is 2.82. The van der Waals surface area contributed by atoms with E-state index in [1.807, 2.05) is 5.32 Å². The molecule has 0 bridgehead atoms. The largest absolute Gasteiger partial charge is 0.430 e. The molecule has 1 N–H and O–H groups in total. The van der Waals surface area contributed by atoms with Crippen molar-refractivity contribution in [3.63, 3.8) is 0 Å². The van der Waals surface area contributed by atoms with E-state index in [0.717, 1.165) is 0 Å². The maximum Gasteiger partial charge on any atom is 0.415 e. The van der Waals surface area contributed by atoms with Gasteiger partial charge in [-0.25, -0.2) is 4.79 Å². The monoisotopic (exact) mass is 313 g/mol. The number of carbonyl (C=O) groups excluding carboxylic acids is 2. The van der Waals surface area contributed by atoms with E-state index in [4.69, 9.17) is 34.4 Å². The fourth-order valence-corrected chi connectivity index (χ4v) is 1.87.